The van der Waals surface area contributed by atoms with Gasteiger partial charge in [0, 0.05) is 0 Å². The van der Waals surface area contributed by atoms with Gasteiger partial charge in [-0.2, -0.15) is 11.3 Å². The van der Waals surface area contributed by atoms with E-state index in [4.69, 9.17) is 0 Å². The summed E-state index contributed by atoms with van der Waals surface area (Å²) < 4.78 is 13.1. The van der Waals surface area contributed by atoms with Gasteiger partial charge in [-0.25, -0.2) is 4.39 Å². The van der Waals surface area contributed by atoms with Gasteiger partial charge in [-0.05, 0) is 52.6 Å². The fourth-order valence-corrected chi connectivity index (χ4v) is 2.22. The molecular weight excluding hydrogens is 211 g/mol. The zero-order valence-electron chi connectivity index (χ0n) is 8.27. The predicted octanol–water partition coefficient (Wildman–Crippen LogP) is 3.28. The Kier molecular flexibility index (Phi) is 2.84. The van der Waals surface area contributed by atoms with Crippen molar-refractivity contribution < 1.29 is 9.50 Å². The van der Waals surface area contributed by atoms with E-state index in [1.807, 2.05) is 23.8 Å². The molecule has 78 valence electrons. The highest BCUT2D eigenvalue weighted by Gasteiger charge is 2.11. The number of aliphatic hydroxyl groups excluding tert-OH is 1. The minimum atomic E-state index is -0.731. The van der Waals surface area contributed by atoms with Crippen molar-refractivity contribution in [2.45, 2.75) is 13.0 Å². The first kappa shape index (κ1) is 10.3. The number of rotatable bonds is 2. The number of hydrogen-bond donors (Lipinski definition) is 1. The Morgan fingerprint density at radius 3 is 2.67 bits per heavy atom. The molecule has 1 nitrogen and oxygen atoms in total. The maximum Gasteiger partial charge on any atom is 0.123 e. The van der Waals surface area contributed by atoms with Gasteiger partial charge in [0.05, 0.1) is 0 Å². The summed E-state index contributed by atoms with van der Waals surface area (Å²) in [4.78, 5) is 0. The molecule has 0 fully saturated rings. The molecule has 1 unspecified atom stereocenters. The summed E-state index contributed by atoms with van der Waals surface area (Å²) in [5, 5.41) is 13.7. The molecule has 0 bridgehead atoms. The van der Waals surface area contributed by atoms with Gasteiger partial charge in [-0.1, -0.05) is 6.07 Å². The second-order valence-corrected chi connectivity index (χ2v) is 4.30. The largest absolute Gasteiger partial charge is 0.384 e. The maximum atomic E-state index is 13.1. The van der Waals surface area contributed by atoms with Crippen LogP contribution in [0.3, 0.4) is 0 Å². The molecule has 1 atom stereocenters. The molecular formula is C12H11FOS. The van der Waals surface area contributed by atoms with Crippen molar-refractivity contribution in [2.75, 3.05) is 0 Å². The molecule has 1 heterocycles. The van der Waals surface area contributed by atoms with Crippen molar-refractivity contribution in [3.63, 3.8) is 0 Å². The third-order valence-corrected chi connectivity index (χ3v) is 2.94. The fourth-order valence-electron chi connectivity index (χ4n) is 1.55. The minimum absolute atomic E-state index is 0.306. The lowest BCUT2D eigenvalue weighted by molar-refractivity contribution is 0.220. The molecule has 0 amide bonds. The van der Waals surface area contributed by atoms with E-state index in [0.717, 1.165) is 11.1 Å². The fraction of sp³-hybridized carbons (Fsp3) is 0.167. The van der Waals surface area contributed by atoms with Crippen molar-refractivity contribution in [3.05, 3.63) is 57.5 Å². The second-order valence-electron chi connectivity index (χ2n) is 3.52. The number of halogens is 1. The van der Waals surface area contributed by atoms with E-state index in [-0.39, 0.29) is 5.82 Å². The lowest BCUT2D eigenvalue weighted by Gasteiger charge is -2.10. The Balaban J connectivity index is 2.37. The highest BCUT2D eigenvalue weighted by Crippen LogP contribution is 2.25. The maximum absolute atomic E-state index is 13.1. The zero-order chi connectivity index (χ0) is 10.8. The first-order valence-corrected chi connectivity index (χ1v) is 5.58. The summed E-state index contributed by atoms with van der Waals surface area (Å²) in [5.41, 5.74) is 2.23. The molecule has 0 saturated carbocycles. The van der Waals surface area contributed by atoms with Gasteiger partial charge in [0.15, 0.2) is 0 Å². The zero-order valence-corrected chi connectivity index (χ0v) is 9.09. The number of hydrogen-bond acceptors (Lipinski definition) is 2. The second kappa shape index (κ2) is 4.13. The van der Waals surface area contributed by atoms with Crippen LogP contribution in [0.25, 0.3) is 0 Å². The van der Waals surface area contributed by atoms with Crippen LogP contribution in [0.2, 0.25) is 0 Å². The molecule has 1 aromatic carbocycles. The molecule has 0 radical (unpaired) electrons. The Hall–Kier alpha value is -1.19. The quantitative estimate of drug-likeness (QED) is 0.826. The van der Waals surface area contributed by atoms with Gasteiger partial charge in [0.1, 0.15) is 11.9 Å². The van der Waals surface area contributed by atoms with Gasteiger partial charge in [-0.15, -0.1) is 0 Å². The minimum Gasteiger partial charge on any atom is -0.384 e. The molecule has 0 aliphatic carbocycles. The third-order valence-electron chi connectivity index (χ3n) is 2.24. The molecule has 1 aromatic heterocycles. The van der Waals surface area contributed by atoms with Crippen LogP contribution >= 0.6 is 11.3 Å². The Bertz CT molecular complexity index is 430. The van der Waals surface area contributed by atoms with Crippen molar-refractivity contribution in [1.82, 2.24) is 0 Å². The molecule has 2 aromatic rings. The van der Waals surface area contributed by atoms with E-state index in [2.05, 4.69) is 0 Å². The van der Waals surface area contributed by atoms with E-state index in [1.165, 1.54) is 23.5 Å². The summed E-state index contributed by atoms with van der Waals surface area (Å²) in [5.74, 6) is -0.306. The Labute approximate surface area is 91.8 Å². The van der Waals surface area contributed by atoms with Crippen molar-refractivity contribution in [1.29, 1.82) is 0 Å². The molecule has 0 saturated heterocycles. The van der Waals surface area contributed by atoms with Gasteiger partial charge >= 0.3 is 0 Å². The van der Waals surface area contributed by atoms with E-state index in [0.29, 0.717) is 5.56 Å². The van der Waals surface area contributed by atoms with Crippen LogP contribution in [0.5, 0.6) is 0 Å². The molecule has 15 heavy (non-hydrogen) atoms. The topological polar surface area (TPSA) is 20.2 Å². The van der Waals surface area contributed by atoms with E-state index >= 15 is 0 Å². The van der Waals surface area contributed by atoms with Crippen LogP contribution in [0.15, 0.2) is 35.0 Å². The summed E-state index contributed by atoms with van der Waals surface area (Å²) in [6, 6.07) is 6.46. The van der Waals surface area contributed by atoms with Gasteiger partial charge in [-0.3, -0.25) is 0 Å². The van der Waals surface area contributed by atoms with E-state index < -0.39 is 6.10 Å². The van der Waals surface area contributed by atoms with Crippen molar-refractivity contribution in [2.24, 2.45) is 0 Å². The van der Waals surface area contributed by atoms with Crippen LogP contribution in [-0.2, 0) is 0 Å². The van der Waals surface area contributed by atoms with E-state index in [9.17, 15) is 9.50 Å². The van der Waals surface area contributed by atoms with Crippen molar-refractivity contribution >= 4 is 11.3 Å². The SMILES string of the molecule is Cc1cc(F)cc(C(O)c2ccsc2)c1. The normalized spacial score (nSPS) is 12.7. The van der Waals surface area contributed by atoms with Crippen LogP contribution < -0.4 is 0 Å². The number of benzene rings is 1. The molecule has 2 rings (SSSR count). The average molecular weight is 222 g/mol. The summed E-state index contributed by atoms with van der Waals surface area (Å²) in [6.07, 6.45) is -0.731. The number of thiophene rings is 1. The van der Waals surface area contributed by atoms with E-state index in [1.54, 1.807) is 6.07 Å². The molecule has 0 aliphatic rings. The predicted molar refractivity (Wildman–Crippen MR) is 59.5 cm³/mol. The van der Waals surface area contributed by atoms with Crippen LogP contribution in [0.4, 0.5) is 4.39 Å². The molecule has 0 spiro atoms. The van der Waals surface area contributed by atoms with Crippen LogP contribution in [-0.4, -0.2) is 5.11 Å². The number of aryl methyl sites for hydroxylation is 1. The van der Waals surface area contributed by atoms with Gasteiger partial charge in [0.2, 0.25) is 0 Å². The summed E-state index contributed by atoms with van der Waals surface area (Å²) >= 11 is 1.52. The molecule has 0 aliphatic heterocycles. The molecule has 1 N–H and O–H groups in total. The molecule has 3 heteroatoms. The van der Waals surface area contributed by atoms with Crippen LogP contribution in [0, 0.1) is 12.7 Å². The average Bonchev–Trinajstić information content (AvgIpc) is 2.67. The van der Waals surface area contributed by atoms with Crippen LogP contribution in [0.1, 0.15) is 22.8 Å². The van der Waals surface area contributed by atoms with Crippen molar-refractivity contribution in [3.8, 4) is 0 Å². The summed E-state index contributed by atoms with van der Waals surface area (Å²) in [7, 11) is 0. The Morgan fingerprint density at radius 2 is 2.07 bits per heavy atom. The van der Waals surface area contributed by atoms with Gasteiger partial charge in [0.25, 0.3) is 0 Å². The first-order chi connectivity index (χ1) is 7.16. The first-order valence-electron chi connectivity index (χ1n) is 4.64. The summed E-state index contributed by atoms with van der Waals surface area (Å²) in [6.45, 7) is 1.81. The number of aliphatic hydroxyl groups is 1. The standard InChI is InChI=1S/C12H11FOS/c1-8-4-10(6-11(13)5-8)12(14)9-2-3-15-7-9/h2-7,12,14H,1H3. The Morgan fingerprint density at radius 1 is 1.27 bits per heavy atom. The lowest BCUT2D eigenvalue weighted by Crippen LogP contribution is -1.99. The highest BCUT2D eigenvalue weighted by atomic mass is 32.1. The monoisotopic (exact) mass is 222 g/mol. The smallest absolute Gasteiger partial charge is 0.123 e. The third kappa shape index (κ3) is 2.25. The van der Waals surface area contributed by atoms with Gasteiger partial charge < -0.3 is 5.11 Å². The highest BCUT2D eigenvalue weighted by molar-refractivity contribution is 7.07. The lowest BCUT2D eigenvalue weighted by atomic mass is 10.0.